The summed E-state index contributed by atoms with van der Waals surface area (Å²) in [5.74, 6) is 0.509. The lowest BCUT2D eigenvalue weighted by molar-refractivity contribution is 0.0286. The molecule has 29 heavy (non-hydrogen) atoms. The van der Waals surface area contributed by atoms with Crippen LogP contribution in [0.1, 0.15) is 53.2 Å². The Hall–Kier alpha value is -2.93. The van der Waals surface area contributed by atoms with Gasteiger partial charge >= 0.3 is 5.97 Å². The number of benzene rings is 1. The van der Waals surface area contributed by atoms with E-state index in [-0.39, 0.29) is 11.3 Å². The van der Waals surface area contributed by atoms with Crippen molar-refractivity contribution in [3.05, 3.63) is 62.7 Å². The van der Waals surface area contributed by atoms with E-state index in [1.165, 1.54) is 4.88 Å². The maximum Gasteiger partial charge on any atom is 0.374 e. The third-order valence-corrected chi connectivity index (χ3v) is 6.63. The summed E-state index contributed by atoms with van der Waals surface area (Å²) >= 11 is 1.58. The molecule has 6 nitrogen and oxygen atoms in total. The first-order chi connectivity index (χ1) is 14.0. The topological polar surface area (TPSA) is 85.2 Å². The number of fused-ring (bicyclic) bond motifs is 4. The van der Waals surface area contributed by atoms with Crippen LogP contribution < -0.4 is 5.56 Å². The second-order valence-corrected chi connectivity index (χ2v) is 8.76. The Morgan fingerprint density at radius 2 is 2.21 bits per heavy atom. The average Bonchev–Trinajstić information content (AvgIpc) is 3.28. The van der Waals surface area contributed by atoms with Gasteiger partial charge in [0.05, 0.1) is 5.39 Å². The summed E-state index contributed by atoms with van der Waals surface area (Å²) in [7, 11) is 0. The maximum absolute atomic E-state index is 12.7. The molecule has 0 bridgehead atoms. The minimum atomic E-state index is -0.703. The van der Waals surface area contributed by atoms with Gasteiger partial charge in [0.1, 0.15) is 10.4 Å². The summed E-state index contributed by atoms with van der Waals surface area (Å²) < 4.78 is 11.1. The van der Waals surface area contributed by atoms with Crippen molar-refractivity contribution in [3.63, 3.8) is 0 Å². The highest BCUT2D eigenvalue weighted by molar-refractivity contribution is 7.18. The fourth-order valence-electron chi connectivity index (χ4n) is 3.91. The van der Waals surface area contributed by atoms with Gasteiger partial charge in [0.2, 0.25) is 5.76 Å². The van der Waals surface area contributed by atoms with Crippen molar-refractivity contribution in [1.29, 1.82) is 0 Å². The molecule has 0 saturated heterocycles. The van der Waals surface area contributed by atoms with Gasteiger partial charge < -0.3 is 14.1 Å². The first-order valence-electron chi connectivity index (χ1n) is 9.73. The molecule has 1 aromatic carbocycles. The number of para-hydroxylation sites is 1. The zero-order valence-corrected chi connectivity index (χ0v) is 17.0. The summed E-state index contributed by atoms with van der Waals surface area (Å²) in [5, 5.41) is 1.52. The summed E-state index contributed by atoms with van der Waals surface area (Å²) in [5.41, 5.74) is 1.59. The van der Waals surface area contributed by atoms with Crippen LogP contribution in [0.4, 0.5) is 0 Å². The lowest BCUT2D eigenvalue weighted by Crippen LogP contribution is -2.18. The lowest BCUT2D eigenvalue weighted by Gasteiger charge is -2.17. The SMILES string of the molecule is C[C@@H]1CCc2c(sc3nc([C@@H](C)OC(=O)c4cc5ccccc5o4)[nH]c(=O)c23)C1. The van der Waals surface area contributed by atoms with Crippen LogP contribution in [-0.4, -0.2) is 15.9 Å². The van der Waals surface area contributed by atoms with Gasteiger partial charge in [-0.25, -0.2) is 9.78 Å². The third-order valence-electron chi connectivity index (χ3n) is 5.48. The van der Waals surface area contributed by atoms with Crippen LogP contribution in [0.3, 0.4) is 0 Å². The maximum atomic E-state index is 12.7. The molecule has 4 aromatic rings. The van der Waals surface area contributed by atoms with E-state index in [1.807, 2.05) is 18.2 Å². The minimum Gasteiger partial charge on any atom is -0.449 e. The molecule has 3 aromatic heterocycles. The number of aromatic amines is 1. The van der Waals surface area contributed by atoms with Crippen molar-refractivity contribution in [2.45, 2.75) is 39.2 Å². The Kier molecular flexibility index (Phi) is 4.28. The van der Waals surface area contributed by atoms with E-state index < -0.39 is 12.1 Å². The quantitative estimate of drug-likeness (QED) is 0.494. The highest BCUT2D eigenvalue weighted by Gasteiger charge is 2.25. The Balaban J connectivity index is 1.44. The fourth-order valence-corrected chi connectivity index (χ4v) is 5.31. The zero-order valence-electron chi connectivity index (χ0n) is 16.2. The molecule has 0 fully saturated rings. The molecule has 0 aliphatic heterocycles. The smallest absolute Gasteiger partial charge is 0.374 e. The highest BCUT2D eigenvalue weighted by atomic mass is 32.1. The van der Waals surface area contributed by atoms with Gasteiger partial charge in [-0.3, -0.25) is 4.79 Å². The minimum absolute atomic E-state index is 0.127. The molecule has 5 rings (SSSR count). The van der Waals surface area contributed by atoms with Crippen LogP contribution in [0.5, 0.6) is 0 Å². The second kappa shape index (κ2) is 6.84. The van der Waals surface area contributed by atoms with E-state index >= 15 is 0 Å². The van der Waals surface area contributed by atoms with Crippen molar-refractivity contribution in [1.82, 2.24) is 9.97 Å². The molecule has 148 valence electrons. The summed E-state index contributed by atoms with van der Waals surface area (Å²) in [6, 6.07) is 9.03. The first kappa shape index (κ1) is 18.1. The monoisotopic (exact) mass is 408 g/mol. The average molecular weight is 408 g/mol. The number of carbonyl (C=O) groups is 1. The second-order valence-electron chi connectivity index (χ2n) is 7.68. The van der Waals surface area contributed by atoms with Gasteiger partial charge in [-0.1, -0.05) is 25.1 Å². The number of rotatable bonds is 3. The van der Waals surface area contributed by atoms with Crippen molar-refractivity contribution >= 4 is 38.5 Å². The number of hydrogen-bond acceptors (Lipinski definition) is 6. The van der Waals surface area contributed by atoms with Gasteiger partial charge in [0.25, 0.3) is 5.56 Å². The van der Waals surface area contributed by atoms with Crippen LogP contribution in [0, 0.1) is 5.92 Å². The van der Waals surface area contributed by atoms with Crippen LogP contribution in [0.2, 0.25) is 0 Å². The van der Waals surface area contributed by atoms with Crippen molar-refractivity contribution in [2.75, 3.05) is 0 Å². The molecule has 0 amide bonds. The standard InChI is InChI=1S/C22H20N2O4S/c1-11-7-8-14-17(9-11)29-21-18(14)20(25)23-19(24-21)12(2)27-22(26)16-10-13-5-3-4-6-15(13)28-16/h3-6,10-12H,7-9H2,1-2H3,(H,23,24,25)/t11-,12-/m1/s1. The Labute approximate surface area is 170 Å². The number of nitrogens with one attached hydrogen (secondary N) is 1. The fraction of sp³-hybridized carbons (Fsp3) is 0.318. The Morgan fingerprint density at radius 3 is 3.03 bits per heavy atom. The summed E-state index contributed by atoms with van der Waals surface area (Å²) in [4.78, 5) is 34.6. The number of aromatic nitrogens is 2. The lowest BCUT2D eigenvalue weighted by atomic mass is 9.89. The molecule has 0 spiro atoms. The number of hydrogen-bond donors (Lipinski definition) is 1. The number of esters is 1. The van der Waals surface area contributed by atoms with E-state index in [0.717, 1.165) is 35.0 Å². The molecular weight excluding hydrogens is 388 g/mol. The number of aryl methyl sites for hydroxylation is 1. The predicted octanol–water partition coefficient (Wildman–Crippen LogP) is 4.77. The molecule has 3 heterocycles. The van der Waals surface area contributed by atoms with E-state index in [2.05, 4.69) is 16.9 Å². The Bertz CT molecular complexity index is 1270. The zero-order chi connectivity index (χ0) is 20.1. The number of ether oxygens (including phenoxy) is 1. The predicted molar refractivity (Wildman–Crippen MR) is 111 cm³/mol. The molecule has 2 atom stereocenters. The Morgan fingerprint density at radius 1 is 1.38 bits per heavy atom. The largest absolute Gasteiger partial charge is 0.449 e. The molecular formula is C22H20N2O4S. The number of thiophene rings is 1. The van der Waals surface area contributed by atoms with Gasteiger partial charge in [-0.2, -0.15) is 0 Å². The molecule has 1 aliphatic carbocycles. The molecule has 0 radical (unpaired) electrons. The number of carbonyl (C=O) groups excluding carboxylic acids is 1. The van der Waals surface area contributed by atoms with Crippen LogP contribution in [-0.2, 0) is 17.6 Å². The van der Waals surface area contributed by atoms with E-state index in [9.17, 15) is 9.59 Å². The normalized spacial score (nSPS) is 17.4. The molecule has 7 heteroatoms. The van der Waals surface area contributed by atoms with Crippen molar-refractivity contribution in [2.24, 2.45) is 5.92 Å². The van der Waals surface area contributed by atoms with Gasteiger partial charge in [-0.15, -0.1) is 11.3 Å². The number of furan rings is 1. The first-order valence-corrected chi connectivity index (χ1v) is 10.5. The summed E-state index contributed by atoms with van der Waals surface area (Å²) in [6.07, 6.45) is 2.29. The molecule has 1 N–H and O–H groups in total. The van der Waals surface area contributed by atoms with E-state index in [0.29, 0.717) is 22.7 Å². The molecule has 1 aliphatic rings. The van der Waals surface area contributed by atoms with Crippen molar-refractivity contribution in [3.8, 4) is 0 Å². The van der Waals surface area contributed by atoms with E-state index in [4.69, 9.17) is 9.15 Å². The number of H-pyrrole nitrogens is 1. The van der Waals surface area contributed by atoms with Crippen LogP contribution in [0.15, 0.2) is 39.5 Å². The van der Waals surface area contributed by atoms with Crippen LogP contribution >= 0.6 is 11.3 Å². The summed E-state index contributed by atoms with van der Waals surface area (Å²) in [6.45, 7) is 3.93. The molecule has 0 unspecified atom stereocenters. The van der Waals surface area contributed by atoms with Gasteiger partial charge in [-0.05, 0) is 49.8 Å². The number of nitrogens with zero attached hydrogens (tertiary/aromatic N) is 1. The van der Waals surface area contributed by atoms with Crippen LogP contribution in [0.25, 0.3) is 21.2 Å². The van der Waals surface area contributed by atoms with Gasteiger partial charge in [0, 0.05) is 10.3 Å². The van der Waals surface area contributed by atoms with E-state index in [1.54, 1.807) is 30.4 Å². The van der Waals surface area contributed by atoms with Crippen molar-refractivity contribution < 1.29 is 13.9 Å². The molecule has 0 saturated carbocycles. The van der Waals surface area contributed by atoms with Gasteiger partial charge in [0.15, 0.2) is 11.9 Å². The third kappa shape index (κ3) is 3.15. The highest BCUT2D eigenvalue weighted by Crippen LogP contribution is 2.36.